The molecule has 0 fully saturated rings. The largest absolute Gasteiger partial charge is 0.450 e. The van der Waals surface area contributed by atoms with Crippen LogP contribution in [0, 0.1) is 0 Å². The van der Waals surface area contributed by atoms with Crippen LogP contribution in [-0.2, 0) is 4.74 Å². The van der Waals surface area contributed by atoms with Crippen LogP contribution < -0.4 is 5.32 Å². The number of hydrogen-bond donors (Lipinski definition) is 1. The Morgan fingerprint density at radius 1 is 1.67 bits per heavy atom. The molecule has 1 amide bonds. The van der Waals surface area contributed by atoms with Crippen LogP contribution in [0.25, 0.3) is 0 Å². The predicted octanol–water partition coefficient (Wildman–Crippen LogP) is 2.09. The molecule has 70 valence electrons. The Kier molecular flexibility index (Phi) is 5.17. The van der Waals surface area contributed by atoms with Gasteiger partial charge in [-0.25, -0.2) is 4.79 Å². The van der Waals surface area contributed by atoms with E-state index >= 15 is 0 Å². The second kappa shape index (κ2) is 5.63. The van der Waals surface area contributed by atoms with Crippen LogP contribution in [0.3, 0.4) is 0 Å². The van der Waals surface area contributed by atoms with Gasteiger partial charge in [-0.15, -0.1) is 0 Å². The van der Waals surface area contributed by atoms with Crippen LogP contribution in [-0.4, -0.2) is 18.7 Å². The van der Waals surface area contributed by atoms with E-state index in [0.29, 0.717) is 6.61 Å². The molecule has 0 aliphatic carbocycles. The fourth-order valence-corrected chi connectivity index (χ4v) is 0.536. The van der Waals surface area contributed by atoms with E-state index in [0.717, 1.165) is 12.0 Å². The van der Waals surface area contributed by atoms with Gasteiger partial charge in [0.25, 0.3) is 0 Å². The maximum atomic E-state index is 10.9. The van der Waals surface area contributed by atoms with Crippen molar-refractivity contribution in [3.8, 4) is 0 Å². The molecule has 0 aromatic heterocycles. The van der Waals surface area contributed by atoms with E-state index in [9.17, 15) is 4.79 Å². The molecule has 0 saturated carbocycles. The molecule has 0 aromatic rings. The molecule has 1 unspecified atom stereocenters. The Labute approximate surface area is 73.8 Å². The van der Waals surface area contributed by atoms with Crippen LogP contribution in [0.4, 0.5) is 4.79 Å². The summed E-state index contributed by atoms with van der Waals surface area (Å²) >= 11 is 0. The van der Waals surface area contributed by atoms with Gasteiger partial charge in [-0.3, -0.25) is 0 Å². The van der Waals surface area contributed by atoms with Gasteiger partial charge in [-0.1, -0.05) is 19.1 Å². The van der Waals surface area contributed by atoms with Crippen molar-refractivity contribution < 1.29 is 9.53 Å². The molecule has 0 aliphatic heterocycles. The zero-order chi connectivity index (χ0) is 9.56. The van der Waals surface area contributed by atoms with Crippen LogP contribution in [0.1, 0.15) is 27.2 Å². The smallest absolute Gasteiger partial charge is 0.407 e. The third kappa shape index (κ3) is 4.77. The van der Waals surface area contributed by atoms with Crippen molar-refractivity contribution in [3.63, 3.8) is 0 Å². The zero-order valence-electron chi connectivity index (χ0n) is 8.02. The topological polar surface area (TPSA) is 38.3 Å². The van der Waals surface area contributed by atoms with Gasteiger partial charge in [0.05, 0.1) is 12.6 Å². The van der Waals surface area contributed by atoms with Crippen LogP contribution in [0.5, 0.6) is 0 Å². The molecule has 3 heteroatoms. The van der Waals surface area contributed by atoms with E-state index in [-0.39, 0.29) is 12.1 Å². The fourth-order valence-electron chi connectivity index (χ4n) is 0.536. The molecule has 3 nitrogen and oxygen atoms in total. The van der Waals surface area contributed by atoms with Gasteiger partial charge in [0.15, 0.2) is 0 Å². The van der Waals surface area contributed by atoms with Crippen molar-refractivity contribution >= 4 is 6.09 Å². The lowest BCUT2D eigenvalue weighted by molar-refractivity contribution is 0.144. The molecule has 1 atom stereocenters. The Morgan fingerprint density at radius 2 is 2.25 bits per heavy atom. The van der Waals surface area contributed by atoms with E-state index in [1.54, 1.807) is 0 Å². The molecule has 1 N–H and O–H groups in total. The summed E-state index contributed by atoms with van der Waals surface area (Å²) in [6.07, 6.45) is 0.474. The van der Waals surface area contributed by atoms with Crippen LogP contribution in [0.2, 0.25) is 0 Å². The molecule has 0 radical (unpaired) electrons. The highest BCUT2D eigenvalue weighted by molar-refractivity contribution is 5.67. The summed E-state index contributed by atoms with van der Waals surface area (Å²) in [5.41, 5.74) is 0.920. The normalized spacial score (nSPS) is 11.9. The number of rotatable bonds is 4. The Balaban J connectivity index is 3.61. The minimum atomic E-state index is -0.368. The van der Waals surface area contributed by atoms with Crippen molar-refractivity contribution in [1.29, 1.82) is 0 Å². The van der Waals surface area contributed by atoms with E-state index in [4.69, 9.17) is 4.74 Å². The minimum Gasteiger partial charge on any atom is -0.450 e. The van der Waals surface area contributed by atoms with E-state index in [1.165, 1.54) is 0 Å². The number of amides is 1. The van der Waals surface area contributed by atoms with Crippen LogP contribution >= 0.6 is 0 Å². The molecule has 0 saturated heterocycles. The molecule has 0 rings (SSSR count). The van der Waals surface area contributed by atoms with Gasteiger partial charge in [-0.05, 0) is 20.3 Å². The molecule has 0 heterocycles. The minimum absolute atomic E-state index is 0.0191. The molecule has 0 spiro atoms. The number of carbonyl (C=O) groups excluding carboxylic acids is 1. The molecule has 0 aromatic carbocycles. The first kappa shape index (κ1) is 11.0. The van der Waals surface area contributed by atoms with Crippen molar-refractivity contribution in [2.24, 2.45) is 0 Å². The SMILES string of the molecule is C=C(C)C(C)NC(=O)OCCC. The average molecular weight is 171 g/mol. The number of alkyl carbamates (subject to hydrolysis) is 1. The zero-order valence-corrected chi connectivity index (χ0v) is 8.02. The second-order valence-corrected chi connectivity index (χ2v) is 2.85. The standard InChI is InChI=1S/C9H17NO2/c1-5-6-12-9(11)10-8(4)7(2)3/h8H,2,5-6H2,1,3-4H3,(H,10,11). The summed E-state index contributed by atoms with van der Waals surface area (Å²) in [4.78, 5) is 10.9. The van der Waals surface area contributed by atoms with Gasteiger partial charge >= 0.3 is 6.09 Å². The second-order valence-electron chi connectivity index (χ2n) is 2.85. The van der Waals surface area contributed by atoms with Crippen molar-refractivity contribution in [2.75, 3.05) is 6.61 Å². The van der Waals surface area contributed by atoms with E-state index in [1.807, 2.05) is 20.8 Å². The molecule has 0 aliphatic rings. The lowest BCUT2D eigenvalue weighted by Crippen LogP contribution is -2.33. The number of carbonyl (C=O) groups is 1. The van der Waals surface area contributed by atoms with Gasteiger partial charge in [0, 0.05) is 0 Å². The number of nitrogens with one attached hydrogen (secondary N) is 1. The maximum Gasteiger partial charge on any atom is 0.407 e. The van der Waals surface area contributed by atoms with Gasteiger partial charge in [0.2, 0.25) is 0 Å². The Morgan fingerprint density at radius 3 is 2.67 bits per heavy atom. The first-order chi connectivity index (χ1) is 5.57. The monoisotopic (exact) mass is 171 g/mol. The van der Waals surface area contributed by atoms with Crippen molar-refractivity contribution in [1.82, 2.24) is 5.32 Å². The highest BCUT2D eigenvalue weighted by Gasteiger charge is 2.06. The first-order valence-corrected chi connectivity index (χ1v) is 4.16. The van der Waals surface area contributed by atoms with Crippen molar-refractivity contribution in [3.05, 3.63) is 12.2 Å². The lowest BCUT2D eigenvalue weighted by Gasteiger charge is -2.12. The molecular formula is C9H17NO2. The summed E-state index contributed by atoms with van der Waals surface area (Å²) in [5.74, 6) is 0. The Hall–Kier alpha value is -0.990. The first-order valence-electron chi connectivity index (χ1n) is 4.16. The van der Waals surface area contributed by atoms with Crippen molar-refractivity contribution in [2.45, 2.75) is 33.2 Å². The quantitative estimate of drug-likeness (QED) is 0.658. The fraction of sp³-hybridized carbons (Fsp3) is 0.667. The molecule has 0 bridgehead atoms. The maximum absolute atomic E-state index is 10.9. The number of ether oxygens (including phenoxy) is 1. The Bertz CT molecular complexity index is 166. The highest BCUT2D eigenvalue weighted by Crippen LogP contribution is 1.96. The summed E-state index contributed by atoms with van der Waals surface area (Å²) in [7, 11) is 0. The van der Waals surface area contributed by atoms with Crippen LogP contribution in [0.15, 0.2) is 12.2 Å². The predicted molar refractivity (Wildman–Crippen MR) is 49.1 cm³/mol. The van der Waals surface area contributed by atoms with E-state index in [2.05, 4.69) is 11.9 Å². The van der Waals surface area contributed by atoms with Gasteiger partial charge in [-0.2, -0.15) is 0 Å². The third-order valence-corrected chi connectivity index (χ3v) is 1.51. The lowest BCUT2D eigenvalue weighted by atomic mass is 10.2. The summed E-state index contributed by atoms with van der Waals surface area (Å²) in [6.45, 7) is 9.88. The van der Waals surface area contributed by atoms with Gasteiger partial charge in [0.1, 0.15) is 0 Å². The highest BCUT2D eigenvalue weighted by atomic mass is 16.5. The summed E-state index contributed by atoms with van der Waals surface area (Å²) in [5, 5.41) is 2.65. The molecular weight excluding hydrogens is 154 g/mol. The number of hydrogen-bond acceptors (Lipinski definition) is 2. The summed E-state index contributed by atoms with van der Waals surface area (Å²) in [6, 6.07) is -0.0191. The van der Waals surface area contributed by atoms with Gasteiger partial charge < -0.3 is 10.1 Å². The summed E-state index contributed by atoms with van der Waals surface area (Å²) < 4.78 is 4.82. The average Bonchev–Trinajstić information content (AvgIpc) is 2.00. The van der Waals surface area contributed by atoms with E-state index < -0.39 is 0 Å². The third-order valence-electron chi connectivity index (χ3n) is 1.51. The molecule has 12 heavy (non-hydrogen) atoms.